The fraction of sp³-hybridized carbons (Fsp3) is 0.355. The lowest BCUT2D eigenvalue weighted by Gasteiger charge is -2.33. The molecule has 6 nitrogen and oxygen atoms in total. The fourth-order valence-corrected chi connectivity index (χ4v) is 4.72. The molecule has 1 heterocycles. The normalized spacial score (nSPS) is 16.7. The molecular weight excluding hydrogens is 462 g/mol. The molecule has 37 heavy (non-hydrogen) atoms. The number of aryl methyl sites for hydroxylation is 1. The average molecular weight is 500 g/mol. The first kappa shape index (κ1) is 26.3. The monoisotopic (exact) mass is 499 g/mol. The minimum absolute atomic E-state index is 0.00601. The number of fused-ring (bicyclic) bond motifs is 1. The molecule has 3 aromatic carbocycles. The number of nitrogens with one attached hydrogen (secondary N) is 1. The topological polar surface area (TPSA) is 61.9 Å². The van der Waals surface area contributed by atoms with Gasteiger partial charge in [-0.25, -0.2) is 0 Å². The molecule has 1 aliphatic heterocycles. The third-order valence-corrected chi connectivity index (χ3v) is 6.87. The van der Waals surface area contributed by atoms with Gasteiger partial charge in [-0.1, -0.05) is 60.2 Å². The van der Waals surface area contributed by atoms with E-state index in [1.807, 2.05) is 90.4 Å². The summed E-state index contributed by atoms with van der Waals surface area (Å²) in [6, 6.07) is 25.5. The van der Waals surface area contributed by atoms with Crippen molar-refractivity contribution in [2.24, 2.45) is 0 Å². The summed E-state index contributed by atoms with van der Waals surface area (Å²) in [5.74, 6) is 0.599. The molecule has 0 bridgehead atoms. The minimum atomic E-state index is -0.167. The Labute approximate surface area is 220 Å². The minimum Gasteiger partial charge on any atom is -0.491 e. The fourth-order valence-electron chi connectivity index (χ4n) is 4.72. The van der Waals surface area contributed by atoms with Gasteiger partial charge in [-0.15, -0.1) is 0 Å². The van der Waals surface area contributed by atoms with Crippen molar-refractivity contribution < 1.29 is 14.3 Å². The Balaban J connectivity index is 1.59. The van der Waals surface area contributed by atoms with E-state index >= 15 is 0 Å². The van der Waals surface area contributed by atoms with Gasteiger partial charge in [0.2, 0.25) is 5.91 Å². The van der Waals surface area contributed by atoms with Crippen LogP contribution in [0.3, 0.4) is 0 Å². The van der Waals surface area contributed by atoms with Gasteiger partial charge in [-0.05, 0) is 62.9 Å². The molecule has 1 aliphatic rings. The van der Waals surface area contributed by atoms with Crippen LogP contribution in [0, 0.1) is 6.92 Å². The van der Waals surface area contributed by atoms with Gasteiger partial charge in [0.25, 0.3) is 5.91 Å². The van der Waals surface area contributed by atoms with Crippen molar-refractivity contribution in [2.45, 2.75) is 39.2 Å². The van der Waals surface area contributed by atoms with Crippen molar-refractivity contribution in [1.29, 1.82) is 0 Å². The van der Waals surface area contributed by atoms with Crippen LogP contribution in [0.4, 0.5) is 5.69 Å². The number of benzene rings is 3. The largest absolute Gasteiger partial charge is 0.491 e. The lowest BCUT2D eigenvalue weighted by molar-refractivity contribution is -0.132. The van der Waals surface area contributed by atoms with Crippen LogP contribution in [0.15, 0.2) is 78.9 Å². The summed E-state index contributed by atoms with van der Waals surface area (Å²) >= 11 is 0. The van der Waals surface area contributed by atoms with E-state index in [0.29, 0.717) is 44.0 Å². The first-order valence-corrected chi connectivity index (χ1v) is 13.2. The van der Waals surface area contributed by atoms with E-state index in [1.54, 1.807) is 0 Å². The SMILES string of the molecule is CCN1CCCCN(C(=O)CNc2ccc(C)cc2)[C@@H](Cc2ccccc2)COc2ccccc2C1=O. The van der Waals surface area contributed by atoms with Crippen molar-refractivity contribution in [3.8, 4) is 5.75 Å². The van der Waals surface area contributed by atoms with Crippen molar-refractivity contribution in [1.82, 2.24) is 9.80 Å². The highest BCUT2D eigenvalue weighted by Crippen LogP contribution is 2.23. The molecule has 0 fully saturated rings. The predicted octanol–water partition coefficient (Wildman–Crippen LogP) is 5.18. The first-order valence-electron chi connectivity index (χ1n) is 13.2. The molecule has 0 spiro atoms. The number of hydrogen-bond acceptors (Lipinski definition) is 4. The number of carbonyl (C=O) groups is 2. The average Bonchev–Trinajstić information content (AvgIpc) is 2.92. The Kier molecular flexibility index (Phi) is 9.19. The van der Waals surface area contributed by atoms with Crippen molar-refractivity contribution in [3.05, 3.63) is 95.6 Å². The smallest absolute Gasteiger partial charge is 0.257 e. The van der Waals surface area contributed by atoms with Gasteiger partial charge in [-0.2, -0.15) is 0 Å². The number of rotatable bonds is 6. The molecule has 2 amide bonds. The predicted molar refractivity (Wildman–Crippen MR) is 148 cm³/mol. The first-order chi connectivity index (χ1) is 18.0. The summed E-state index contributed by atoms with van der Waals surface area (Å²) in [5.41, 5.74) is 3.83. The van der Waals surface area contributed by atoms with Crippen LogP contribution in [0.1, 0.15) is 41.3 Å². The summed E-state index contributed by atoms with van der Waals surface area (Å²) in [6.45, 7) is 6.46. The maximum absolute atomic E-state index is 13.6. The molecule has 0 unspecified atom stereocenters. The number of anilines is 1. The van der Waals surface area contributed by atoms with Crippen LogP contribution < -0.4 is 10.1 Å². The summed E-state index contributed by atoms with van der Waals surface area (Å²) in [5, 5.41) is 3.29. The third-order valence-electron chi connectivity index (χ3n) is 6.87. The highest BCUT2D eigenvalue weighted by Gasteiger charge is 2.27. The lowest BCUT2D eigenvalue weighted by atomic mass is 10.0. The zero-order valence-electron chi connectivity index (χ0n) is 21.9. The molecule has 4 rings (SSSR count). The Morgan fingerprint density at radius 3 is 2.41 bits per heavy atom. The second-order valence-electron chi connectivity index (χ2n) is 9.55. The van der Waals surface area contributed by atoms with E-state index in [0.717, 1.165) is 24.1 Å². The maximum Gasteiger partial charge on any atom is 0.257 e. The molecular formula is C31H37N3O3. The second kappa shape index (κ2) is 12.9. The zero-order chi connectivity index (χ0) is 26.0. The maximum atomic E-state index is 13.6. The van der Waals surface area contributed by atoms with E-state index in [2.05, 4.69) is 17.4 Å². The van der Waals surface area contributed by atoms with Gasteiger partial charge < -0.3 is 19.9 Å². The standard InChI is InChI=1S/C31H37N3O3/c1-3-33-19-9-10-20-34(30(35)22-32-26-17-15-24(2)16-18-26)27(21-25-11-5-4-6-12-25)23-37-29-14-8-7-13-28(29)31(33)36/h4-8,11-18,27,32H,3,9-10,19-23H2,1-2H3/t27-/m0/s1. The summed E-state index contributed by atoms with van der Waals surface area (Å²) in [7, 11) is 0. The molecule has 0 radical (unpaired) electrons. The van der Waals surface area contributed by atoms with Gasteiger partial charge >= 0.3 is 0 Å². The Bertz CT molecular complexity index is 1160. The number of nitrogens with zero attached hydrogens (tertiary/aromatic N) is 2. The summed E-state index contributed by atoms with van der Waals surface area (Å²) in [6.07, 6.45) is 2.32. The van der Waals surface area contributed by atoms with E-state index in [4.69, 9.17) is 4.74 Å². The third kappa shape index (κ3) is 7.13. The zero-order valence-corrected chi connectivity index (χ0v) is 21.9. The van der Waals surface area contributed by atoms with E-state index in [9.17, 15) is 9.59 Å². The van der Waals surface area contributed by atoms with E-state index in [-0.39, 0.29) is 24.4 Å². The molecule has 0 saturated heterocycles. The van der Waals surface area contributed by atoms with E-state index in [1.165, 1.54) is 5.56 Å². The number of hydrogen-bond donors (Lipinski definition) is 1. The van der Waals surface area contributed by atoms with Crippen molar-refractivity contribution >= 4 is 17.5 Å². The Morgan fingerprint density at radius 2 is 1.65 bits per heavy atom. The van der Waals surface area contributed by atoms with Gasteiger partial charge in [-0.3, -0.25) is 9.59 Å². The van der Waals surface area contributed by atoms with Crippen LogP contribution in [-0.4, -0.2) is 60.4 Å². The van der Waals surface area contributed by atoms with Gasteiger partial charge in [0.05, 0.1) is 18.2 Å². The Hall–Kier alpha value is -3.80. The second-order valence-corrected chi connectivity index (χ2v) is 9.55. The van der Waals surface area contributed by atoms with Crippen molar-refractivity contribution in [2.75, 3.05) is 38.1 Å². The molecule has 1 N–H and O–H groups in total. The van der Waals surface area contributed by atoms with Crippen LogP contribution >= 0.6 is 0 Å². The molecule has 194 valence electrons. The number of para-hydroxylation sites is 1. The Morgan fingerprint density at radius 1 is 0.946 bits per heavy atom. The van der Waals surface area contributed by atoms with Crippen LogP contribution in [0.5, 0.6) is 5.75 Å². The van der Waals surface area contributed by atoms with Crippen LogP contribution in [-0.2, 0) is 11.2 Å². The summed E-state index contributed by atoms with van der Waals surface area (Å²) < 4.78 is 6.30. The number of ether oxygens (including phenoxy) is 1. The number of amides is 2. The van der Waals surface area contributed by atoms with E-state index < -0.39 is 0 Å². The quantitative estimate of drug-likeness (QED) is 0.508. The molecule has 1 atom stereocenters. The van der Waals surface area contributed by atoms with Gasteiger partial charge in [0.15, 0.2) is 0 Å². The highest BCUT2D eigenvalue weighted by molar-refractivity contribution is 5.97. The molecule has 0 aliphatic carbocycles. The van der Waals surface area contributed by atoms with Gasteiger partial charge in [0, 0.05) is 25.3 Å². The van der Waals surface area contributed by atoms with Crippen LogP contribution in [0.25, 0.3) is 0 Å². The highest BCUT2D eigenvalue weighted by atomic mass is 16.5. The van der Waals surface area contributed by atoms with Gasteiger partial charge in [0.1, 0.15) is 12.4 Å². The molecule has 0 saturated carbocycles. The van der Waals surface area contributed by atoms with Crippen molar-refractivity contribution in [3.63, 3.8) is 0 Å². The molecule has 6 heteroatoms. The molecule has 3 aromatic rings. The molecule has 0 aromatic heterocycles. The lowest BCUT2D eigenvalue weighted by Crippen LogP contribution is -2.48. The van der Waals surface area contributed by atoms with Crippen LogP contribution in [0.2, 0.25) is 0 Å². The summed E-state index contributed by atoms with van der Waals surface area (Å²) in [4.78, 5) is 30.7. The number of carbonyl (C=O) groups excluding carboxylic acids is 2.